The molecule has 1 aromatic rings. The van der Waals surface area contributed by atoms with Gasteiger partial charge in [-0.15, -0.1) is 12.4 Å². The summed E-state index contributed by atoms with van der Waals surface area (Å²) < 4.78 is 4.81. The minimum atomic E-state index is -0.543. The Balaban J connectivity index is 0.00000169. The van der Waals surface area contributed by atoms with Gasteiger partial charge in [0.15, 0.2) is 0 Å². The molecule has 1 aromatic carbocycles. The number of hydrogen-bond donors (Lipinski definition) is 1. The van der Waals surface area contributed by atoms with Crippen molar-refractivity contribution in [2.24, 2.45) is 0 Å². The molecular formula is C8H8Cl3NO2. The van der Waals surface area contributed by atoms with Crippen LogP contribution in [-0.4, -0.2) is 13.1 Å². The molecule has 3 nitrogen and oxygen atoms in total. The van der Waals surface area contributed by atoms with E-state index in [1.54, 1.807) is 12.1 Å². The van der Waals surface area contributed by atoms with Crippen LogP contribution in [0.3, 0.4) is 0 Å². The summed E-state index contributed by atoms with van der Waals surface area (Å²) in [7, 11) is 1.47. The molecule has 0 fully saturated rings. The number of benzene rings is 1. The van der Waals surface area contributed by atoms with Crippen LogP contribution in [0.25, 0.3) is 0 Å². The van der Waals surface area contributed by atoms with E-state index in [1.165, 1.54) is 13.1 Å². The van der Waals surface area contributed by atoms with Gasteiger partial charge in [-0.1, -0.05) is 23.2 Å². The lowest BCUT2D eigenvalue weighted by Crippen LogP contribution is -2.21. The number of ether oxygens (including phenoxy) is 1. The van der Waals surface area contributed by atoms with Crippen LogP contribution in [0.2, 0.25) is 10.0 Å². The molecule has 0 aliphatic carbocycles. The zero-order chi connectivity index (χ0) is 9.84. The summed E-state index contributed by atoms with van der Waals surface area (Å²) in [6.07, 6.45) is -0.543. The Bertz CT molecular complexity index is 330. The van der Waals surface area contributed by atoms with Crippen LogP contribution >= 0.6 is 35.6 Å². The molecular weight excluding hydrogens is 248 g/mol. The largest absolute Gasteiger partial charge is 0.412 e. The van der Waals surface area contributed by atoms with Crippen LogP contribution in [0.5, 0.6) is 5.75 Å². The molecule has 6 heteroatoms. The van der Waals surface area contributed by atoms with Gasteiger partial charge in [-0.3, -0.25) is 0 Å². The van der Waals surface area contributed by atoms with Crippen LogP contribution in [0.15, 0.2) is 18.2 Å². The first-order valence-corrected chi connectivity index (χ1v) is 4.23. The molecule has 0 bridgehead atoms. The predicted octanol–water partition coefficient (Wildman–Crippen LogP) is 3.13. The predicted molar refractivity (Wildman–Crippen MR) is 58.8 cm³/mol. The molecule has 0 aromatic heterocycles. The summed E-state index contributed by atoms with van der Waals surface area (Å²) in [4.78, 5) is 10.8. The number of halogens is 3. The highest BCUT2D eigenvalue weighted by molar-refractivity contribution is 6.42. The van der Waals surface area contributed by atoms with E-state index in [1.807, 2.05) is 0 Å². The molecule has 0 aliphatic rings. The van der Waals surface area contributed by atoms with Crippen molar-refractivity contribution in [3.05, 3.63) is 28.2 Å². The number of amides is 1. The molecule has 0 atom stereocenters. The molecule has 1 rings (SSSR count). The second-order valence-corrected chi connectivity index (χ2v) is 3.03. The van der Waals surface area contributed by atoms with Crippen LogP contribution in [0.1, 0.15) is 0 Å². The van der Waals surface area contributed by atoms with E-state index in [9.17, 15) is 4.79 Å². The fourth-order valence-electron chi connectivity index (χ4n) is 0.698. The topological polar surface area (TPSA) is 38.3 Å². The van der Waals surface area contributed by atoms with E-state index in [2.05, 4.69) is 5.32 Å². The van der Waals surface area contributed by atoms with Gasteiger partial charge in [0, 0.05) is 13.1 Å². The zero-order valence-electron chi connectivity index (χ0n) is 7.21. The summed E-state index contributed by atoms with van der Waals surface area (Å²) in [6, 6.07) is 4.59. The van der Waals surface area contributed by atoms with Crippen LogP contribution in [0.4, 0.5) is 4.79 Å². The maximum Gasteiger partial charge on any atom is 0.412 e. The third-order valence-corrected chi connectivity index (χ3v) is 2.04. The molecule has 1 amide bonds. The number of carbonyl (C=O) groups excluding carboxylic acids is 1. The minimum absolute atomic E-state index is 0. The Labute approximate surface area is 97.7 Å². The lowest BCUT2D eigenvalue weighted by atomic mass is 10.3. The van der Waals surface area contributed by atoms with E-state index in [4.69, 9.17) is 27.9 Å². The summed E-state index contributed by atoms with van der Waals surface area (Å²) in [6.45, 7) is 0. The number of rotatable bonds is 1. The van der Waals surface area contributed by atoms with E-state index in [0.29, 0.717) is 15.8 Å². The van der Waals surface area contributed by atoms with Gasteiger partial charge in [-0.05, 0) is 12.1 Å². The van der Waals surface area contributed by atoms with Gasteiger partial charge >= 0.3 is 6.09 Å². The molecule has 0 unspecified atom stereocenters. The molecule has 0 heterocycles. The number of nitrogens with one attached hydrogen (secondary N) is 1. The third-order valence-electron chi connectivity index (χ3n) is 1.31. The summed E-state index contributed by atoms with van der Waals surface area (Å²) >= 11 is 11.4. The third kappa shape index (κ3) is 3.62. The maximum absolute atomic E-state index is 10.8. The second kappa shape index (κ2) is 5.96. The standard InChI is InChI=1S/C8H7Cl2NO2.ClH/c1-11-8(12)13-5-2-3-6(9)7(10)4-5;/h2-4H,1H3,(H,11,12);1H. The van der Waals surface area contributed by atoms with E-state index in [-0.39, 0.29) is 12.4 Å². The lowest BCUT2D eigenvalue weighted by Gasteiger charge is -2.03. The fourth-order valence-corrected chi connectivity index (χ4v) is 0.986. The van der Waals surface area contributed by atoms with Crippen molar-refractivity contribution in [2.75, 3.05) is 7.05 Å². The van der Waals surface area contributed by atoms with Gasteiger partial charge in [0.25, 0.3) is 0 Å². The average Bonchev–Trinajstić information content (AvgIpc) is 2.11. The Morgan fingerprint density at radius 2 is 2.00 bits per heavy atom. The Hall–Kier alpha value is -0.640. The van der Waals surface area contributed by atoms with Gasteiger partial charge < -0.3 is 10.1 Å². The highest BCUT2D eigenvalue weighted by Crippen LogP contribution is 2.26. The first-order chi connectivity index (χ1) is 6.13. The Morgan fingerprint density at radius 3 is 2.50 bits per heavy atom. The molecule has 0 aliphatic heterocycles. The Morgan fingerprint density at radius 1 is 1.36 bits per heavy atom. The molecule has 0 saturated carbocycles. The van der Waals surface area contributed by atoms with Crippen LogP contribution in [-0.2, 0) is 0 Å². The monoisotopic (exact) mass is 255 g/mol. The zero-order valence-corrected chi connectivity index (χ0v) is 9.54. The molecule has 78 valence electrons. The number of hydrogen-bond acceptors (Lipinski definition) is 2. The fraction of sp³-hybridized carbons (Fsp3) is 0.125. The van der Waals surface area contributed by atoms with Crippen LogP contribution in [0, 0.1) is 0 Å². The van der Waals surface area contributed by atoms with Crippen molar-refractivity contribution in [3.8, 4) is 5.75 Å². The molecule has 0 radical (unpaired) electrons. The quantitative estimate of drug-likeness (QED) is 0.838. The van der Waals surface area contributed by atoms with Gasteiger partial charge in [0.2, 0.25) is 0 Å². The van der Waals surface area contributed by atoms with Gasteiger partial charge in [0.05, 0.1) is 10.0 Å². The van der Waals surface area contributed by atoms with Crippen molar-refractivity contribution in [1.29, 1.82) is 0 Å². The van der Waals surface area contributed by atoms with Crippen molar-refractivity contribution < 1.29 is 9.53 Å². The van der Waals surface area contributed by atoms with E-state index < -0.39 is 6.09 Å². The van der Waals surface area contributed by atoms with Crippen molar-refractivity contribution >= 4 is 41.7 Å². The number of carbonyl (C=O) groups is 1. The van der Waals surface area contributed by atoms with E-state index >= 15 is 0 Å². The minimum Gasteiger partial charge on any atom is -0.410 e. The van der Waals surface area contributed by atoms with Gasteiger partial charge in [0.1, 0.15) is 5.75 Å². The van der Waals surface area contributed by atoms with Gasteiger partial charge in [-0.25, -0.2) is 4.79 Å². The van der Waals surface area contributed by atoms with Gasteiger partial charge in [-0.2, -0.15) is 0 Å². The summed E-state index contributed by atoms with van der Waals surface area (Å²) in [5, 5.41) is 3.08. The molecule has 0 spiro atoms. The summed E-state index contributed by atoms with van der Waals surface area (Å²) in [5.74, 6) is 0.355. The molecule has 14 heavy (non-hydrogen) atoms. The first kappa shape index (κ1) is 13.4. The summed E-state index contributed by atoms with van der Waals surface area (Å²) in [5.41, 5.74) is 0. The maximum atomic E-state index is 10.8. The molecule has 1 N–H and O–H groups in total. The normalized spacial score (nSPS) is 8.79. The van der Waals surface area contributed by atoms with E-state index in [0.717, 1.165) is 0 Å². The Kier molecular flexibility index (Phi) is 5.69. The second-order valence-electron chi connectivity index (χ2n) is 2.22. The highest BCUT2D eigenvalue weighted by atomic mass is 35.5. The highest BCUT2D eigenvalue weighted by Gasteiger charge is 2.03. The van der Waals surface area contributed by atoms with Crippen molar-refractivity contribution in [3.63, 3.8) is 0 Å². The van der Waals surface area contributed by atoms with Crippen molar-refractivity contribution in [1.82, 2.24) is 5.32 Å². The lowest BCUT2D eigenvalue weighted by molar-refractivity contribution is 0.203. The first-order valence-electron chi connectivity index (χ1n) is 3.48. The van der Waals surface area contributed by atoms with Crippen molar-refractivity contribution in [2.45, 2.75) is 0 Å². The SMILES string of the molecule is CNC(=O)Oc1ccc(Cl)c(Cl)c1.Cl. The smallest absolute Gasteiger partial charge is 0.410 e. The van der Waals surface area contributed by atoms with Crippen LogP contribution < -0.4 is 10.1 Å². The molecule has 0 saturated heterocycles. The average molecular weight is 257 g/mol.